The zero-order valence-corrected chi connectivity index (χ0v) is 55.3. The molecular formula is C67H56N18O12S4. The molecule has 2 aromatic heterocycles. The number of hydrazone groups is 1. The highest BCUT2D eigenvalue weighted by Crippen LogP contribution is 2.32. The summed E-state index contributed by atoms with van der Waals surface area (Å²) in [5, 5.41) is 30.0. The first-order valence-electron chi connectivity index (χ1n) is 29.8. The number of aromatic nitrogens is 6. The zero-order valence-electron chi connectivity index (χ0n) is 52.0. The lowest BCUT2D eigenvalue weighted by Gasteiger charge is -2.29. The lowest BCUT2D eigenvalue weighted by molar-refractivity contribution is 0.272. The predicted octanol–water partition coefficient (Wildman–Crippen LogP) is 12.4. The monoisotopic (exact) mass is 1430 g/mol. The highest BCUT2D eigenvalue weighted by atomic mass is 32.2. The van der Waals surface area contributed by atoms with Crippen LogP contribution in [0.5, 0.6) is 0 Å². The van der Waals surface area contributed by atoms with Gasteiger partial charge in [-0.3, -0.25) is 23.6 Å². The molecule has 1 aliphatic rings. The molecule has 3 heterocycles. The summed E-state index contributed by atoms with van der Waals surface area (Å²) in [6, 6.07) is 60.5. The molecular weight excluding hydrogens is 1380 g/mol. The quantitative estimate of drug-likeness (QED) is 0.0187. The molecule has 0 aliphatic carbocycles. The Morgan fingerprint density at radius 1 is 0.297 bits per heavy atom. The van der Waals surface area contributed by atoms with Crippen LogP contribution in [0.4, 0.5) is 86.9 Å². The van der Waals surface area contributed by atoms with Crippen molar-refractivity contribution >= 4 is 157 Å². The molecule has 11 aromatic rings. The fourth-order valence-electron chi connectivity index (χ4n) is 9.76. The normalized spacial score (nSPS) is 12.6. The van der Waals surface area contributed by atoms with E-state index < -0.39 is 60.1 Å². The molecule has 14 N–H and O–H groups in total. The van der Waals surface area contributed by atoms with Crippen LogP contribution in [0, 0.1) is 0 Å². The summed E-state index contributed by atoms with van der Waals surface area (Å²) in [5.74, 6) is 0.716. The molecule has 1 aliphatic heterocycles. The number of nitrogens with one attached hydrogen (secondary N) is 10. The maximum Gasteiger partial charge on any atom is 0.295 e. The molecule has 34 heteroatoms. The van der Waals surface area contributed by atoms with E-state index in [-0.39, 0.29) is 92.3 Å². The predicted molar refractivity (Wildman–Crippen MR) is 386 cm³/mol. The number of hydrogen-bond acceptors (Lipinski definition) is 26. The second-order valence-corrected chi connectivity index (χ2v) is 27.2. The Bertz CT molecular complexity index is 5390. The average Bonchev–Trinajstić information content (AvgIpc) is 0.810. The van der Waals surface area contributed by atoms with Gasteiger partial charge < -0.3 is 42.5 Å². The number of para-hydroxylation sites is 5. The van der Waals surface area contributed by atoms with Gasteiger partial charge >= 0.3 is 0 Å². The summed E-state index contributed by atoms with van der Waals surface area (Å²) in [6.07, 6.45) is 6.34. The van der Waals surface area contributed by atoms with Crippen molar-refractivity contribution in [1.82, 2.24) is 40.6 Å². The zero-order chi connectivity index (χ0) is 70.7. The molecule has 0 saturated heterocycles. The van der Waals surface area contributed by atoms with Gasteiger partial charge in [0.15, 0.2) is 5.84 Å². The van der Waals surface area contributed by atoms with Gasteiger partial charge in [-0.25, -0.2) is 5.43 Å². The summed E-state index contributed by atoms with van der Waals surface area (Å²) in [7, 11) is -20.0. The summed E-state index contributed by atoms with van der Waals surface area (Å²) < 4.78 is 146. The fraction of sp³-hybridized carbons (Fsp3) is 0. The van der Waals surface area contributed by atoms with E-state index in [2.05, 4.69) is 88.4 Å². The SMILES string of the molecule is O=S(=O)(O)c1cc(NC2=NN(Nc3ccc(/C=C/c4ccc(Nc5nc(Nc6ccccc6)nc(Nc6ccccc6)n5)cc4S(=O)(=O)O)c(S(=O)(=O)O)c3)NC(Nc3ccccc3)=C2)ccc1/C=C/c1ccc(Nc2nc(Nc3ccccc3)nc(Nc3ccccc3)n2)cc1S(=O)(=O)O. The largest absolute Gasteiger partial charge is 0.341 e. The van der Waals surface area contributed by atoms with E-state index in [9.17, 15) is 51.9 Å². The van der Waals surface area contributed by atoms with E-state index in [1.165, 1.54) is 78.9 Å². The van der Waals surface area contributed by atoms with Gasteiger partial charge in [-0.15, -0.1) is 10.3 Å². The summed E-state index contributed by atoms with van der Waals surface area (Å²) in [5.41, 5.74) is 8.98. The number of amidine groups is 1. The van der Waals surface area contributed by atoms with Crippen LogP contribution in [0.3, 0.4) is 0 Å². The van der Waals surface area contributed by atoms with Crippen LogP contribution in [-0.2, 0) is 40.5 Å². The highest BCUT2D eigenvalue weighted by Gasteiger charge is 2.23. The van der Waals surface area contributed by atoms with E-state index in [0.717, 1.165) is 29.5 Å². The lowest BCUT2D eigenvalue weighted by Crippen LogP contribution is -2.44. The smallest absolute Gasteiger partial charge is 0.295 e. The van der Waals surface area contributed by atoms with Gasteiger partial charge in [0.05, 0.1) is 5.69 Å². The molecule has 12 rings (SSSR count). The molecule has 0 saturated carbocycles. The van der Waals surface area contributed by atoms with Gasteiger partial charge in [0.25, 0.3) is 40.5 Å². The third kappa shape index (κ3) is 18.5. The molecule has 30 nitrogen and oxygen atoms in total. The molecule has 0 radical (unpaired) electrons. The molecule has 9 aromatic carbocycles. The van der Waals surface area contributed by atoms with Crippen LogP contribution in [0.15, 0.2) is 261 Å². The van der Waals surface area contributed by atoms with Gasteiger partial charge in [0.1, 0.15) is 25.4 Å². The minimum absolute atomic E-state index is 0.00337. The summed E-state index contributed by atoms with van der Waals surface area (Å²) in [4.78, 5) is 24.3. The Balaban J connectivity index is 0.783. The molecule has 510 valence electrons. The summed E-state index contributed by atoms with van der Waals surface area (Å²) >= 11 is 0. The van der Waals surface area contributed by atoms with Gasteiger partial charge in [0.2, 0.25) is 35.7 Å². The Kier molecular flexibility index (Phi) is 20.0. The minimum Gasteiger partial charge on any atom is -0.341 e. The molecule has 0 atom stereocenters. The van der Waals surface area contributed by atoms with Crippen LogP contribution >= 0.6 is 0 Å². The van der Waals surface area contributed by atoms with Gasteiger partial charge in [-0.2, -0.15) is 63.6 Å². The number of nitrogens with zero attached hydrogens (tertiary/aromatic N) is 8. The van der Waals surface area contributed by atoms with E-state index in [1.807, 2.05) is 72.8 Å². The second kappa shape index (κ2) is 29.6. The lowest BCUT2D eigenvalue weighted by atomic mass is 10.1. The number of benzene rings is 9. The van der Waals surface area contributed by atoms with Gasteiger partial charge in [0, 0.05) is 51.6 Å². The van der Waals surface area contributed by atoms with E-state index in [0.29, 0.717) is 28.4 Å². The average molecular weight is 1430 g/mol. The standard InChI is InChI=1S/C67H56N18O12S4/c86-98(87,88)56-38-52(34-30-43(56)26-27-44-31-35-53(39-57(44)99(89,90)91)74-66-78-62(70-48-18-8-2-9-19-48)76-63(79-66)71-49-20-10-3-11-21-49)69-61-42-60(68-47-16-6-1-7-17-47)83-85(84-61)82-55-37-33-46(59(41-55)101(95,96)97)29-28-45-32-36-54(40-58(45)100(92,93)94)75-67-80-64(72-50-22-12-4-13-23-50)77-65(81-67)73-51-24-14-5-15-25-51/h1-42,68,82-83H,(H,69,84)(H,86,87,88)(H,89,90,91)(H,92,93,94)(H,95,96,97)(H3,70,71,74,76,78,79)(H3,72,73,75,77,80,81)/b27-26+,29-28+. The van der Waals surface area contributed by atoms with Crippen LogP contribution in [0.1, 0.15) is 22.3 Å². The first-order valence-corrected chi connectivity index (χ1v) is 35.6. The summed E-state index contributed by atoms with van der Waals surface area (Å²) in [6.45, 7) is 0. The van der Waals surface area contributed by atoms with Crippen molar-refractivity contribution in [3.05, 3.63) is 259 Å². The Morgan fingerprint density at radius 2 is 0.545 bits per heavy atom. The molecule has 0 amide bonds. The minimum atomic E-state index is -5.04. The number of hydrazine groups is 2. The highest BCUT2D eigenvalue weighted by molar-refractivity contribution is 7.86. The van der Waals surface area contributed by atoms with E-state index in [4.69, 9.17) is 0 Å². The first kappa shape index (κ1) is 68.3. The van der Waals surface area contributed by atoms with Crippen molar-refractivity contribution in [3.8, 4) is 0 Å². The topological polar surface area (TPSA) is 431 Å². The Morgan fingerprint density at radius 3 is 0.832 bits per heavy atom. The van der Waals surface area contributed by atoms with Gasteiger partial charge in [-0.1, -0.05) is 140 Å². The van der Waals surface area contributed by atoms with Crippen molar-refractivity contribution in [2.24, 2.45) is 5.10 Å². The third-order valence-electron chi connectivity index (χ3n) is 14.2. The van der Waals surface area contributed by atoms with Crippen molar-refractivity contribution in [1.29, 1.82) is 0 Å². The second-order valence-electron chi connectivity index (χ2n) is 21.6. The number of rotatable bonds is 25. The molecule has 0 bridgehead atoms. The molecule has 0 unspecified atom stereocenters. The van der Waals surface area contributed by atoms with E-state index >= 15 is 0 Å². The first-order chi connectivity index (χ1) is 48.4. The number of hydrogen-bond donors (Lipinski definition) is 14. The van der Waals surface area contributed by atoms with Crippen LogP contribution in [0.25, 0.3) is 24.3 Å². The van der Waals surface area contributed by atoms with Crippen LogP contribution in [-0.4, -0.2) is 92.8 Å². The molecule has 101 heavy (non-hydrogen) atoms. The molecule has 0 fully saturated rings. The third-order valence-corrected chi connectivity index (χ3v) is 17.9. The van der Waals surface area contributed by atoms with Crippen LogP contribution in [0.2, 0.25) is 0 Å². The molecule has 0 spiro atoms. The van der Waals surface area contributed by atoms with Crippen molar-refractivity contribution in [3.63, 3.8) is 0 Å². The van der Waals surface area contributed by atoms with E-state index in [1.54, 1.807) is 78.9 Å². The van der Waals surface area contributed by atoms with Crippen LogP contribution < -0.4 is 53.4 Å². The van der Waals surface area contributed by atoms with Crippen molar-refractivity contribution in [2.75, 3.05) is 48.0 Å². The number of anilines is 15. The Labute approximate surface area is 577 Å². The maximum atomic E-state index is 13.1. The van der Waals surface area contributed by atoms with Crippen molar-refractivity contribution < 1.29 is 51.9 Å². The fourth-order valence-corrected chi connectivity index (χ4v) is 12.6. The van der Waals surface area contributed by atoms with Crippen molar-refractivity contribution in [2.45, 2.75) is 19.6 Å². The Hall–Kier alpha value is -12.7. The van der Waals surface area contributed by atoms with Gasteiger partial charge in [-0.05, 0) is 131 Å². The maximum absolute atomic E-state index is 13.1.